The zero-order chi connectivity index (χ0) is 14.5. The lowest BCUT2D eigenvalue weighted by Crippen LogP contribution is -2.05. The standard InChI is InChI=1S/C18H24O2/c1-5-19-17-9-7-15(11-13(17)3)16-8-10-18(20-6-2)14(4)12-16/h7,9-12,16H,5-6,8H2,1-4H3. The van der Waals surface area contributed by atoms with E-state index >= 15 is 0 Å². The van der Waals surface area contributed by atoms with Gasteiger partial charge >= 0.3 is 0 Å². The topological polar surface area (TPSA) is 18.5 Å². The highest BCUT2D eigenvalue weighted by Gasteiger charge is 2.16. The molecule has 1 unspecified atom stereocenters. The van der Waals surface area contributed by atoms with Crippen molar-refractivity contribution in [2.45, 2.75) is 40.0 Å². The molecule has 0 aliphatic heterocycles. The summed E-state index contributed by atoms with van der Waals surface area (Å²) in [7, 11) is 0. The molecule has 108 valence electrons. The van der Waals surface area contributed by atoms with Gasteiger partial charge in [0, 0.05) is 5.92 Å². The van der Waals surface area contributed by atoms with Gasteiger partial charge in [0.15, 0.2) is 0 Å². The Hall–Kier alpha value is -1.70. The molecule has 0 bridgehead atoms. The zero-order valence-corrected chi connectivity index (χ0v) is 12.9. The van der Waals surface area contributed by atoms with Crippen LogP contribution < -0.4 is 4.74 Å². The minimum Gasteiger partial charge on any atom is -0.494 e. The summed E-state index contributed by atoms with van der Waals surface area (Å²) in [5, 5.41) is 0. The SMILES string of the molecule is CCOC1=CCC(c2ccc(OCC)c(C)c2)C=C1C. The molecular weight excluding hydrogens is 248 g/mol. The molecule has 0 N–H and O–H groups in total. The van der Waals surface area contributed by atoms with Crippen molar-refractivity contribution in [2.75, 3.05) is 13.2 Å². The Morgan fingerprint density at radius 1 is 1.10 bits per heavy atom. The van der Waals surface area contributed by atoms with Gasteiger partial charge in [-0.25, -0.2) is 0 Å². The normalized spacial score (nSPS) is 18.3. The third kappa shape index (κ3) is 3.24. The minimum absolute atomic E-state index is 0.439. The van der Waals surface area contributed by atoms with Crippen molar-refractivity contribution in [3.8, 4) is 5.75 Å². The Morgan fingerprint density at radius 3 is 2.45 bits per heavy atom. The smallest absolute Gasteiger partial charge is 0.122 e. The fraction of sp³-hybridized carbons (Fsp3) is 0.444. The van der Waals surface area contributed by atoms with Crippen LogP contribution in [-0.4, -0.2) is 13.2 Å². The Morgan fingerprint density at radius 2 is 1.85 bits per heavy atom. The van der Waals surface area contributed by atoms with E-state index in [1.165, 1.54) is 16.7 Å². The predicted molar refractivity (Wildman–Crippen MR) is 83.2 cm³/mol. The second-order valence-electron chi connectivity index (χ2n) is 5.15. The molecule has 2 nitrogen and oxygen atoms in total. The van der Waals surface area contributed by atoms with Gasteiger partial charge in [0.25, 0.3) is 0 Å². The highest BCUT2D eigenvalue weighted by atomic mass is 16.5. The summed E-state index contributed by atoms with van der Waals surface area (Å²) in [6.45, 7) is 9.70. The zero-order valence-electron chi connectivity index (χ0n) is 12.9. The van der Waals surface area contributed by atoms with Gasteiger partial charge in [0.2, 0.25) is 0 Å². The van der Waals surface area contributed by atoms with Crippen LogP contribution in [0.5, 0.6) is 5.75 Å². The molecule has 2 heteroatoms. The van der Waals surface area contributed by atoms with Crippen LogP contribution >= 0.6 is 0 Å². The summed E-state index contributed by atoms with van der Waals surface area (Å²) in [6.07, 6.45) is 5.51. The van der Waals surface area contributed by atoms with E-state index in [4.69, 9.17) is 9.47 Å². The first-order valence-electron chi connectivity index (χ1n) is 7.40. The molecule has 20 heavy (non-hydrogen) atoms. The number of rotatable bonds is 5. The van der Waals surface area contributed by atoms with Crippen molar-refractivity contribution in [2.24, 2.45) is 0 Å². The van der Waals surface area contributed by atoms with E-state index in [1.54, 1.807) is 0 Å². The lowest BCUT2D eigenvalue weighted by molar-refractivity contribution is 0.234. The molecule has 0 saturated heterocycles. The molecule has 1 aromatic rings. The molecular formula is C18H24O2. The van der Waals surface area contributed by atoms with Gasteiger partial charge < -0.3 is 9.47 Å². The number of benzene rings is 1. The fourth-order valence-corrected chi connectivity index (χ4v) is 2.63. The lowest BCUT2D eigenvalue weighted by atomic mass is 9.88. The first kappa shape index (κ1) is 14.7. The average molecular weight is 272 g/mol. The Labute approximate surface area is 122 Å². The van der Waals surface area contributed by atoms with Gasteiger partial charge in [-0.15, -0.1) is 0 Å². The van der Waals surface area contributed by atoms with Crippen LogP contribution in [0.25, 0.3) is 0 Å². The third-order valence-corrected chi connectivity index (χ3v) is 3.62. The maximum absolute atomic E-state index is 5.63. The molecule has 2 rings (SSSR count). The molecule has 1 aliphatic rings. The van der Waals surface area contributed by atoms with E-state index in [-0.39, 0.29) is 0 Å². The van der Waals surface area contributed by atoms with Crippen molar-refractivity contribution >= 4 is 0 Å². The van der Waals surface area contributed by atoms with Crippen molar-refractivity contribution in [1.82, 2.24) is 0 Å². The van der Waals surface area contributed by atoms with Crippen LogP contribution in [0.2, 0.25) is 0 Å². The van der Waals surface area contributed by atoms with Crippen LogP contribution in [0, 0.1) is 6.92 Å². The molecule has 0 aromatic heterocycles. The molecule has 1 aliphatic carbocycles. The molecule has 0 amide bonds. The largest absolute Gasteiger partial charge is 0.494 e. The number of hydrogen-bond donors (Lipinski definition) is 0. The Balaban J connectivity index is 2.16. The molecule has 0 fully saturated rings. The van der Waals surface area contributed by atoms with Gasteiger partial charge in [-0.1, -0.05) is 18.2 Å². The van der Waals surface area contributed by atoms with Crippen LogP contribution in [-0.2, 0) is 4.74 Å². The maximum atomic E-state index is 5.63. The summed E-state index contributed by atoms with van der Waals surface area (Å²) in [5.74, 6) is 2.46. The minimum atomic E-state index is 0.439. The van der Waals surface area contributed by atoms with E-state index in [9.17, 15) is 0 Å². The second-order valence-corrected chi connectivity index (χ2v) is 5.15. The maximum Gasteiger partial charge on any atom is 0.122 e. The summed E-state index contributed by atoms with van der Waals surface area (Å²) in [5.41, 5.74) is 3.78. The van der Waals surface area contributed by atoms with E-state index in [0.717, 1.165) is 24.5 Å². The fourth-order valence-electron chi connectivity index (χ4n) is 2.63. The number of hydrogen-bond acceptors (Lipinski definition) is 2. The van der Waals surface area contributed by atoms with Crippen molar-refractivity contribution in [3.63, 3.8) is 0 Å². The molecule has 1 atom stereocenters. The first-order chi connectivity index (χ1) is 9.65. The van der Waals surface area contributed by atoms with Gasteiger partial charge in [-0.05, 0) is 63.0 Å². The monoisotopic (exact) mass is 272 g/mol. The quantitative estimate of drug-likeness (QED) is 0.770. The molecule has 0 radical (unpaired) electrons. The van der Waals surface area contributed by atoms with Gasteiger partial charge in [0.05, 0.1) is 13.2 Å². The number of aryl methyl sites for hydroxylation is 1. The highest BCUT2D eigenvalue weighted by Crippen LogP contribution is 2.33. The molecule has 0 saturated carbocycles. The molecule has 0 spiro atoms. The third-order valence-electron chi connectivity index (χ3n) is 3.62. The highest BCUT2D eigenvalue weighted by molar-refractivity contribution is 5.42. The van der Waals surface area contributed by atoms with Crippen LogP contribution in [0.1, 0.15) is 44.2 Å². The molecule has 1 aromatic carbocycles. The average Bonchev–Trinajstić information content (AvgIpc) is 2.44. The van der Waals surface area contributed by atoms with E-state index in [2.05, 4.69) is 44.2 Å². The Bertz CT molecular complexity index is 526. The second kappa shape index (κ2) is 6.65. The van der Waals surface area contributed by atoms with Crippen molar-refractivity contribution in [3.05, 3.63) is 52.8 Å². The van der Waals surface area contributed by atoms with E-state index in [1.807, 2.05) is 13.8 Å². The van der Waals surface area contributed by atoms with Crippen LogP contribution in [0.15, 0.2) is 41.7 Å². The number of ether oxygens (including phenoxy) is 2. The molecule has 0 heterocycles. The Kier molecular flexibility index (Phi) is 4.89. The van der Waals surface area contributed by atoms with Crippen LogP contribution in [0.3, 0.4) is 0 Å². The lowest BCUT2D eigenvalue weighted by Gasteiger charge is -2.21. The van der Waals surface area contributed by atoms with E-state index in [0.29, 0.717) is 12.5 Å². The summed E-state index contributed by atoms with van der Waals surface area (Å²) < 4.78 is 11.2. The van der Waals surface area contributed by atoms with Crippen LogP contribution in [0.4, 0.5) is 0 Å². The van der Waals surface area contributed by atoms with Crippen molar-refractivity contribution in [1.29, 1.82) is 0 Å². The van der Waals surface area contributed by atoms with Gasteiger partial charge in [-0.3, -0.25) is 0 Å². The summed E-state index contributed by atoms with van der Waals surface area (Å²) in [6, 6.07) is 6.49. The van der Waals surface area contributed by atoms with E-state index < -0.39 is 0 Å². The van der Waals surface area contributed by atoms with Gasteiger partial charge in [0.1, 0.15) is 11.5 Å². The summed E-state index contributed by atoms with van der Waals surface area (Å²) >= 11 is 0. The first-order valence-corrected chi connectivity index (χ1v) is 7.40. The van der Waals surface area contributed by atoms with Crippen molar-refractivity contribution < 1.29 is 9.47 Å². The number of allylic oxidation sites excluding steroid dienone is 3. The summed E-state index contributed by atoms with van der Waals surface area (Å²) in [4.78, 5) is 0. The van der Waals surface area contributed by atoms with Gasteiger partial charge in [-0.2, -0.15) is 0 Å². The predicted octanol–water partition coefficient (Wildman–Crippen LogP) is 4.75.